The van der Waals surface area contributed by atoms with Crippen LogP contribution in [0.1, 0.15) is 105 Å². The second-order valence-electron chi connectivity index (χ2n) is 15.0. The Hall–Kier alpha value is -0.310. The zero-order chi connectivity index (χ0) is 30.7. The summed E-state index contributed by atoms with van der Waals surface area (Å²) < 4.78 is 30.1. The largest absolute Gasteiger partial charge is 0.475 e. The number of aliphatic hydroxyl groups excluding tert-OH is 4. The first-order valence-corrected chi connectivity index (χ1v) is 18.2. The summed E-state index contributed by atoms with van der Waals surface area (Å²) in [6.45, 7) is 10.3. The molecule has 244 valence electrons. The molecule has 4 aliphatic rings. The van der Waals surface area contributed by atoms with Gasteiger partial charge >= 0.3 is 7.82 Å². The Morgan fingerprint density at radius 3 is 2.21 bits per heavy atom. The van der Waals surface area contributed by atoms with Crippen molar-refractivity contribution in [3.05, 3.63) is 11.6 Å². The second-order valence-corrected chi connectivity index (χ2v) is 16.6. The lowest BCUT2D eigenvalue weighted by molar-refractivity contribution is -0.0592. The Morgan fingerprint density at radius 1 is 0.929 bits per heavy atom. The molecule has 42 heavy (non-hydrogen) atoms. The van der Waals surface area contributed by atoms with Crippen LogP contribution in [0.5, 0.6) is 0 Å². The summed E-state index contributed by atoms with van der Waals surface area (Å²) in [5.41, 5.74) is 1.94. The number of aliphatic hydroxyl groups is 4. The third-order valence-corrected chi connectivity index (χ3v) is 13.3. The highest BCUT2D eigenvalue weighted by molar-refractivity contribution is 7.48. The molecular formula is C33H59O8P. The minimum Gasteiger partial charge on any atom is -0.394 e. The zero-order valence-corrected chi connectivity index (χ0v) is 27.6. The van der Waals surface area contributed by atoms with Crippen molar-refractivity contribution < 1.29 is 38.6 Å². The van der Waals surface area contributed by atoms with Crippen LogP contribution in [-0.2, 0) is 18.1 Å². The van der Waals surface area contributed by atoms with Gasteiger partial charge in [-0.1, -0.05) is 65.5 Å². The van der Waals surface area contributed by atoms with Gasteiger partial charge in [0.05, 0.1) is 32.5 Å². The maximum atomic E-state index is 13.5. The minimum atomic E-state index is -4.14. The van der Waals surface area contributed by atoms with Gasteiger partial charge in [0, 0.05) is 0 Å². The zero-order valence-electron chi connectivity index (χ0n) is 26.7. The molecule has 8 nitrogen and oxygen atoms in total. The summed E-state index contributed by atoms with van der Waals surface area (Å²) in [6.07, 6.45) is 12.4. The molecule has 4 aliphatic carbocycles. The van der Waals surface area contributed by atoms with Crippen molar-refractivity contribution >= 4 is 7.82 Å². The molecule has 0 spiro atoms. The van der Waals surface area contributed by atoms with Crippen LogP contribution in [0, 0.1) is 46.3 Å². The summed E-state index contributed by atoms with van der Waals surface area (Å²) >= 11 is 0. The van der Waals surface area contributed by atoms with Crippen molar-refractivity contribution in [2.75, 3.05) is 26.4 Å². The fraction of sp³-hybridized carbons (Fsp3) is 0.939. The topological polar surface area (TPSA) is 126 Å². The maximum absolute atomic E-state index is 13.5. The van der Waals surface area contributed by atoms with E-state index in [2.05, 4.69) is 40.7 Å². The van der Waals surface area contributed by atoms with Gasteiger partial charge in [-0.15, -0.1) is 0 Å². The molecule has 3 saturated carbocycles. The Kier molecular flexibility index (Phi) is 11.9. The molecule has 4 rings (SSSR count). The number of allylic oxidation sites excluding steroid dienone is 1. The molecule has 3 unspecified atom stereocenters. The molecule has 0 bridgehead atoms. The lowest BCUT2D eigenvalue weighted by atomic mass is 9.47. The smallest absolute Gasteiger partial charge is 0.394 e. The van der Waals surface area contributed by atoms with E-state index >= 15 is 0 Å². The van der Waals surface area contributed by atoms with Gasteiger partial charge in [-0.25, -0.2) is 4.57 Å². The molecule has 10 atom stereocenters. The average Bonchev–Trinajstić information content (AvgIpc) is 3.32. The molecule has 0 aromatic carbocycles. The summed E-state index contributed by atoms with van der Waals surface area (Å²) in [5.74, 6) is 4.58. The molecule has 0 aliphatic heterocycles. The van der Waals surface area contributed by atoms with Crippen LogP contribution in [0.25, 0.3) is 0 Å². The Balaban J connectivity index is 1.42. The van der Waals surface area contributed by atoms with E-state index in [1.165, 1.54) is 50.5 Å². The summed E-state index contributed by atoms with van der Waals surface area (Å²) in [4.78, 5) is 0. The SMILES string of the molecule is CC(C)CCC[C@@H](C)[C@H]1CC[C@H]2[C@@H]3CC=C4CC(OP(=O)(OCC(O)CO)OCC(O)CO)CC[C@]4(C)[C@H]3CC[C@]12C. The molecule has 0 saturated heterocycles. The number of hydrogen-bond acceptors (Lipinski definition) is 8. The predicted molar refractivity (Wildman–Crippen MR) is 164 cm³/mol. The molecule has 0 radical (unpaired) electrons. The molecule has 0 amide bonds. The first-order valence-electron chi connectivity index (χ1n) is 16.7. The minimum absolute atomic E-state index is 0.108. The van der Waals surface area contributed by atoms with Crippen LogP contribution in [0.2, 0.25) is 0 Å². The number of phosphoric ester groups is 1. The van der Waals surface area contributed by atoms with Gasteiger partial charge in [0.15, 0.2) is 0 Å². The molecular weight excluding hydrogens is 555 g/mol. The van der Waals surface area contributed by atoms with Crippen LogP contribution in [0.3, 0.4) is 0 Å². The molecule has 0 aromatic rings. The number of phosphoric acid groups is 1. The fourth-order valence-electron chi connectivity index (χ4n) is 9.48. The van der Waals surface area contributed by atoms with E-state index in [1.807, 2.05) is 0 Å². The van der Waals surface area contributed by atoms with E-state index in [4.69, 9.17) is 23.8 Å². The van der Waals surface area contributed by atoms with Gasteiger partial charge in [0.25, 0.3) is 0 Å². The van der Waals surface area contributed by atoms with Gasteiger partial charge in [0.1, 0.15) is 12.2 Å². The lowest BCUT2D eigenvalue weighted by Gasteiger charge is -2.58. The highest BCUT2D eigenvalue weighted by Gasteiger charge is 2.59. The van der Waals surface area contributed by atoms with Crippen LogP contribution in [0.15, 0.2) is 11.6 Å². The highest BCUT2D eigenvalue weighted by Crippen LogP contribution is 2.68. The van der Waals surface area contributed by atoms with Crippen molar-refractivity contribution in [2.45, 2.75) is 124 Å². The number of fused-ring (bicyclic) bond motifs is 5. The average molecular weight is 615 g/mol. The number of hydrogen-bond donors (Lipinski definition) is 4. The Morgan fingerprint density at radius 2 is 1.60 bits per heavy atom. The van der Waals surface area contributed by atoms with Gasteiger partial charge in [-0.2, -0.15) is 0 Å². The van der Waals surface area contributed by atoms with Gasteiger partial charge in [-0.05, 0) is 97.7 Å². The summed E-state index contributed by atoms with van der Waals surface area (Å²) in [7, 11) is -4.14. The Bertz CT molecular complexity index is 938. The van der Waals surface area contributed by atoms with Crippen molar-refractivity contribution in [1.29, 1.82) is 0 Å². The van der Waals surface area contributed by atoms with E-state index in [0.717, 1.165) is 48.9 Å². The van der Waals surface area contributed by atoms with Crippen LogP contribution < -0.4 is 0 Å². The number of rotatable bonds is 15. The normalized spacial score (nSPS) is 38.1. The molecule has 0 heterocycles. The second kappa shape index (κ2) is 14.4. The first-order chi connectivity index (χ1) is 19.8. The van der Waals surface area contributed by atoms with Gasteiger partial charge in [-0.3, -0.25) is 13.6 Å². The maximum Gasteiger partial charge on any atom is 0.475 e. The first kappa shape index (κ1) is 34.6. The van der Waals surface area contributed by atoms with E-state index < -0.39 is 46.5 Å². The molecule has 9 heteroatoms. The van der Waals surface area contributed by atoms with E-state index in [0.29, 0.717) is 17.8 Å². The third-order valence-electron chi connectivity index (χ3n) is 11.8. The standard InChI is InChI=1S/C33H59O8P/c1-22(2)7-6-8-23(3)29-11-12-30-28-10-9-24-17-27(13-15-32(24,4)31(28)14-16-33(29,30)5)41-42(38,39-20-25(36)18-34)40-21-26(37)19-35/h9,22-23,25-31,34-37H,6-8,10-21H2,1-5H3/t23-,25?,26?,27?,28+,29-,30+,31+,32+,33-,42?/m1/s1. The van der Waals surface area contributed by atoms with E-state index in [1.54, 1.807) is 0 Å². The van der Waals surface area contributed by atoms with Crippen molar-refractivity contribution in [1.82, 2.24) is 0 Å². The van der Waals surface area contributed by atoms with Crippen LogP contribution in [-0.4, -0.2) is 65.2 Å². The fourth-order valence-corrected chi connectivity index (χ4v) is 10.9. The molecule has 4 N–H and O–H groups in total. The van der Waals surface area contributed by atoms with E-state index in [-0.39, 0.29) is 11.5 Å². The lowest BCUT2D eigenvalue weighted by Crippen LogP contribution is -2.51. The van der Waals surface area contributed by atoms with E-state index in [9.17, 15) is 14.8 Å². The quantitative estimate of drug-likeness (QED) is 0.126. The van der Waals surface area contributed by atoms with Gasteiger partial charge in [0.2, 0.25) is 0 Å². The van der Waals surface area contributed by atoms with Crippen molar-refractivity contribution in [3.63, 3.8) is 0 Å². The molecule has 0 aromatic heterocycles. The highest BCUT2D eigenvalue weighted by atomic mass is 31.2. The monoisotopic (exact) mass is 614 g/mol. The third kappa shape index (κ3) is 7.55. The molecule has 3 fully saturated rings. The summed E-state index contributed by atoms with van der Waals surface area (Å²) in [5, 5.41) is 37.8. The summed E-state index contributed by atoms with van der Waals surface area (Å²) in [6, 6.07) is 0. The van der Waals surface area contributed by atoms with Crippen molar-refractivity contribution in [3.8, 4) is 0 Å². The predicted octanol–water partition coefficient (Wildman–Crippen LogP) is 6.26. The van der Waals surface area contributed by atoms with Crippen LogP contribution in [0.4, 0.5) is 0 Å². The van der Waals surface area contributed by atoms with Gasteiger partial charge < -0.3 is 20.4 Å². The Labute approximate surface area is 254 Å². The van der Waals surface area contributed by atoms with Crippen LogP contribution >= 0.6 is 7.82 Å². The van der Waals surface area contributed by atoms with Crippen molar-refractivity contribution in [2.24, 2.45) is 46.3 Å².